The molecule has 0 spiro atoms. The van der Waals surface area contributed by atoms with Crippen molar-refractivity contribution in [3.63, 3.8) is 0 Å². The van der Waals surface area contributed by atoms with Crippen molar-refractivity contribution in [1.82, 2.24) is 5.32 Å². The van der Waals surface area contributed by atoms with Crippen LogP contribution in [-0.4, -0.2) is 47.4 Å². The molecular formula is C24H27N3O6. The van der Waals surface area contributed by atoms with Crippen LogP contribution >= 0.6 is 0 Å². The predicted octanol–water partition coefficient (Wildman–Crippen LogP) is 3.14. The van der Waals surface area contributed by atoms with E-state index in [1.165, 1.54) is 12.1 Å². The van der Waals surface area contributed by atoms with Gasteiger partial charge >= 0.3 is 6.09 Å². The van der Waals surface area contributed by atoms with Crippen LogP contribution in [0, 0.1) is 0 Å². The third-order valence-corrected chi connectivity index (χ3v) is 5.74. The lowest BCUT2D eigenvalue weighted by Crippen LogP contribution is -2.46. The first-order valence-corrected chi connectivity index (χ1v) is 10.6. The second kappa shape index (κ2) is 8.76. The maximum Gasteiger partial charge on any atom is 0.419 e. The van der Waals surface area contributed by atoms with E-state index in [-0.39, 0.29) is 24.8 Å². The van der Waals surface area contributed by atoms with Crippen molar-refractivity contribution in [3.05, 3.63) is 54.1 Å². The minimum Gasteiger partial charge on any atom is -0.508 e. The van der Waals surface area contributed by atoms with Crippen molar-refractivity contribution in [3.8, 4) is 11.5 Å². The second-order valence-corrected chi connectivity index (χ2v) is 8.74. The van der Waals surface area contributed by atoms with Crippen molar-refractivity contribution in [1.29, 1.82) is 0 Å². The van der Waals surface area contributed by atoms with Gasteiger partial charge in [-0.1, -0.05) is 18.7 Å². The van der Waals surface area contributed by atoms with E-state index >= 15 is 0 Å². The average molecular weight is 453 g/mol. The zero-order chi connectivity index (χ0) is 23.8. The number of benzene rings is 2. The Bertz CT molecular complexity index is 1110. The molecule has 0 saturated carbocycles. The summed E-state index contributed by atoms with van der Waals surface area (Å²) in [4.78, 5) is 25.6. The van der Waals surface area contributed by atoms with E-state index in [2.05, 4.69) is 17.2 Å². The number of nitrogens with zero attached hydrogens (tertiary/aromatic N) is 1. The molecule has 0 aliphatic carbocycles. The Labute approximate surface area is 191 Å². The number of phenolic OH excluding ortho intramolecular Hbond substituents is 1. The van der Waals surface area contributed by atoms with E-state index in [1.54, 1.807) is 4.90 Å². The van der Waals surface area contributed by atoms with Gasteiger partial charge in [-0.2, -0.15) is 0 Å². The van der Waals surface area contributed by atoms with Crippen molar-refractivity contribution >= 4 is 29.1 Å². The van der Waals surface area contributed by atoms with Crippen LogP contribution in [0.1, 0.15) is 37.5 Å². The molecule has 4 N–H and O–H groups in total. The van der Waals surface area contributed by atoms with Crippen molar-refractivity contribution in [2.75, 3.05) is 29.9 Å². The minimum absolute atomic E-state index is 0.0864. The van der Waals surface area contributed by atoms with Gasteiger partial charge in [-0.3, -0.25) is 9.69 Å². The third kappa shape index (κ3) is 4.79. The Morgan fingerprint density at radius 2 is 2.03 bits per heavy atom. The van der Waals surface area contributed by atoms with Crippen LogP contribution < -0.4 is 20.3 Å². The fourth-order valence-corrected chi connectivity index (χ4v) is 3.89. The molecule has 1 unspecified atom stereocenters. The number of nitrogens with one attached hydrogen (secondary N) is 2. The van der Waals surface area contributed by atoms with Gasteiger partial charge in [-0.05, 0) is 38.5 Å². The van der Waals surface area contributed by atoms with Crippen molar-refractivity contribution in [2.45, 2.75) is 31.9 Å². The highest BCUT2D eigenvalue weighted by Gasteiger charge is 2.31. The lowest BCUT2D eigenvalue weighted by Gasteiger charge is -2.34. The van der Waals surface area contributed by atoms with E-state index in [9.17, 15) is 19.8 Å². The largest absolute Gasteiger partial charge is 0.508 e. The number of hydrogen-bond donors (Lipinski definition) is 4. The average Bonchev–Trinajstić information content (AvgIpc) is 2.76. The first-order valence-electron chi connectivity index (χ1n) is 10.6. The number of aromatic hydroxyl groups is 1. The van der Waals surface area contributed by atoms with E-state index < -0.39 is 17.7 Å². The number of amides is 2. The summed E-state index contributed by atoms with van der Waals surface area (Å²) in [5.74, 6) is 0.263. The number of phenols is 1. The molecule has 174 valence electrons. The van der Waals surface area contributed by atoms with Gasteiger partial charge in [0.1, 0.15) is 17.3 Å². The summed E-state index contributed by atoms with van der Waals surface area (Å²) in [5.41, 5.74) is 1.78. The fourth-order valence-electron chi connectivity index (χ4n) is 3.89. The highest BCUT2D eigenvalue weighted by Crippen LogP contribution is 2.39. The molecule has 1 atom stereocenters. The number of hydrogen-bond acceptors (Lipinski definition) is 7. The topological polar surface area (TPSA) is 120 Å². The first-order chi connectivity index (χ1) is 15.6. The Kier molecular flexibility index (Phi) is 6.01. The Hall–Kier alpha value is -3.56. The van der Waals surface area contributed by atoms with E-state index in [1.807, 2.05) is 38.1 Å². The normalized spacial score (nSPS) is 16.3. The van der Waals surface area contributed by atoms with Gasteiger partial charge in [0.05, 0.1) is 17.5 Å². The number of β-amino-alcohol motifs (C(OH)–C–C–N with tert-alkyl or cyclic N) is 1. The van der Waals surface area contributed by atoms with Gasteiger partial charge in [0, 0.05) is 35.8 Å². The summed E-state index contributed by atoms with van der Waals surface area (Å²) in [5, 5.41) is 26.7. The van der Waals surface area contributed by atoms with Crippen molar-refractivity contribution < 1.29 is 29.3 Å². The number of ether oxygens (including phenoxy) is 2. The smallest absolute Gasteiger partial charge is 0.419 e. The molecular weight excluding hydrogens is 426 g/mol. The van der Waals surface area contributed by atoms with Crippen molar-refractivity contribution in [2.24, 2.45) is 0 Å². The summed E-state index contributed by atoms with van der Waals surface area (Å²) in [6.07, 6.45) is -0.899. The summed E-state index contributed by atoms with van der Waals surface area (Å²) < 4.78 is 10.8. The molecule has 2 aliphatic rings. The molecule has 2 aliphatic heterocycles. The number of rotatable bonds is 7. The van der Waals surface area contributed by atoms with Crippen LogP contribution in [0.25, 0.3) is 5.76 Å². The molecule has 2 aromatic carbocycles. The van der Waals surface area contributed by atoms with E-state index in [0.29, 0.717) is 35.7 Å². The number of carbonyl (C=O) groups excluding carboxylic acids is 2. The molecule has 4 rings (SSSR count). The monoisotopic (exact) mass is 453 g/mol. The van der Waals surface area contributed by atoms with Gasteiger partial charge in [0.15, 0.2) is 6.61 Å². The standard InChI is InChI=1S/C24H27N3O6/c1-14-16-6-4-5-7-19(16)27(23(31)33-14)9-8-24(2,3)25-12-20(29)17-10-15(28)11-18-22(17)32-13-21(30)26-18/h4-7,10-11,20,25,28-29H,1,8-9,12-13H2,2-3H3,(H,26,30). The number of carbonyl (C=O) groups is 2. The third-order valence-electron chi connectivity index (χ3n) is 5.74. The zero-order valence-electron chi connectivity index (χ0n) is 18.6. The first kappa shape index (κ1) is 22.6. The van der Waals surface area contributed by atoms with Crippen LogP contribution in [-0.2, 0) is 9.53 Å². The van der Waals surface area contributed by atoms with E-state index in [4.69, 9.17) is 9.47 Å². The quantitative estimate of drug-likeness (QED) is 0.508. The Morgan fingerprint density at radius 1 is 1.27 bits per heavy atom. The van der Waals surface area contributed by atoms with Gasteiger partial charge in [-0.15, -0.1) is 0 Å². The maximum atomic E-state index is 12.4. The summed E-state index contributed by atoms with van der Waals surface area (Å²) in [7, 11) is 0. The van der Waals surface area contributed by atoms with Gasteiger partial charge < -0.3 is 30.3 Å². The fraction of sp³-hybridized carbons (Fsp3) is 0.333. The summed E-state index contributed by atoms with van der Waals surface area (Å²) >= 11 is 0. The molecule has 0 radical (unpaired) electrons. The molecule has 2 aromatic rings. The molecule has 2 amide bonds. The lowest BCUT2D eigenvalue weighted by atomic mass is 9.98. The summed E-state index contributed by atoms with van der Waals surface area (Å²) in [6, 6.07) is 10.2. The van der Waals surface area contributed by atoms with Crippen LogP contribution in [0.3, 0.4) is 0 Å². The van der Waals surface area contributed by atoms with Gasteiger partial charge in [0.25, 0.3) is 5.91 Å². The van der Waals surface area contributed by atoms with Crippen LogP contribution in [0.4, 0.5) is 16.2 Å². The molecule has 0 fully saturated rings. The minimum atomic E-state index is -0.996. The Balaban J connectivity index is 1.41. The Morgan fingerprint density at radius 3 is 2.82 bits per heavy atom. The number of para-hydroxylation sites is 1. The number of aliphatic hydroxyl groups excluding tert-OH is 1. The lowest BCUT2D eigenvalue weighted by molar-refractivity contribution is -0.118. The number of cyclic esters (lactones) is 1. The van der Waals surface area contributed by atoms with Crippen LogP contribution in [0.2, 0.25) is 0 Å². The predicted molar refractivity (Wildman–Crippen MR) is 123 cm³/mol. The molecule has 2 heterocycles. The van der Waals surface area contributed by atoms with Crippen LogP contribution in [0.15, 0.2) is 43.0 Å². The maximum absolute atomic E-state index is 12.4. The number of fused-ring (bicyclic) bond motifs is 2. The van der Waals surface area contributed by atoms with Gasteiger partial charge in [-0.25, -0.2) is 4.79 Å². The highest BCUT2D eigenvalue weighted by atomic mass is 16.6. The number of aliphatic hydroxyl groups is 1. The van der Waals surface area contributed by atoms with Gasteiger partial charge in [0.2, 0.25) is 0 Å². The summed E-state index contributed by atoms with van der Waals surface area (Å²) in [6.45, 7) is 8.15. The molecule has 9 nitrogen and oxygen atoms in total. The molecule has 0 bridgehead atoms. The second-order valence-electron chi connectivity index (χ2n) is 8.74. The molecule has 9 heteroatoms. The molecule has 33 heavy (non-hydrogen) atoms. The van der Waals surface area contributed by atoms with Crippen LogP contribution in [0.5, 0.6) is 11.5 Å². The van der Waals surface area contributed by atoms with E-state index in [0.717, 1.165) is 11.3 Å². The molecule has 0 aromatic heterocycles. The SMILES string of the molecule is C=C1OC(=O)N(CCC(C)(C)NCC(O)c2cc(O)cc3c2OCC(=O)N3)c2ccccc21. The zero-order valence-corrected chi connectivity index (χ0v) is 18.6. The molecule has 0 saturated heterocycles. The highest BCUT2D eigenvalue weighted by molar-refractivity contribution is 5.98. The number of anilines is 2.